The quantitative estimate of drug-likeness (QED) is 0.819. The molecule has 21 heavy (non-hydrogen) atoms. The number of alkyl halides is 3. The summed E-state index contributed by atoms with van der Waals surface area (Å²) >= 11 is 0. The Labute approximate surface area is 122 Å². The third-order valence-electron chi connectivity index (χ3n) is 3.29. The first kappa shape index (κ1) is 17.9. The van der Waals surface area contributed by atoms with Crippen LogP contribution in [0.2, 0.25) is 0 Å². The predicted octanol–water partition coefficient (Wildman–Crippen LogP) is 2.34. The van der Waals surface area contributed by atoms with Crippen LogP contribution in [0, 0.1) is 5.82 Å². The normalized spacial score (nSPS) is 14.0. The van der Waals surface area contributed by atoms with E-state index in [2.05, 4.69) is 0 Å². The van der Waals surface area contributed by atoms with Crippen LogP contribution in [-0.2, 0) is 6.18 Å². The van der Waals surface area contributed by atoms with Crippen molar-refractivity contribution in [3.8, 4) is 0 Å². The summed E-state index contributed by atoms with van der Waals surface area (Å²) in [5, 5.41) is 0. The molecule has 0 radical (unpaired) electrons. The van der Waals surface area contributed by atoms with Gasteiger partial charge in [0.05, 0.1) is 5.56 Å². The van der Waals surface area contributed by atoms with E-state index in [0.717, 1.165) is 18.7 Å². The van der Waals surface area contributed by atoms with Gasteiger partial charge in [-0.1, -0.05) is 0 Å². The molecule has 0 heterocycles. The second-order valence-corrected chi connectivity index (χ2v) is 5.31. The molecule has 0 saturated heterocycles. The minimum atomic E-state index is -4.57. The highest BCUT2D eigenvalue weighted by Gasteiger charge is 2.32. The fraction of sp³-hybridized carbons (Fsp3) is 0.571. The van der Waals surface area contributed by atoms with Gasteiger partial charge in [-0.15, -0.1) is 0 Å². The van der Waals surface area contributed by atoms with Gasteiger partial charge >= 0.3 is 6.18 Å². The molecule has 1 atom stereocenters. The maximum Gasteiger partial charge on any atom is 0.416 e. The van der Waals surface area contributed by atoms with Crippen molar-refractivity contribution >= 4 is 0 Å². The Bertz CT molecular complexity index is 460. The first-order valence-electron chi connectivity index (χ1n) is 6.58. The average Bonchev–Trinajstić information content (AvgIpc) is 2.35. The first-order valence-corrected chi connectivity index (χ1v) is 6.58. The van der Waals surface area contributed by atoms with Crippen LogP contribution in [0.4, 0.5) is 17.6 Å². The van der Waals surface area contributed by atoms with Crippen molar-refractivity contribution in [1.29, 1.82) is 0 Å². The van der Waals surface area contributed by atoms with Crippen molar-refractivity contribution in [3.05, 3.63) is 35.1 Å². The Morgan fingerprint density at radius 1 is 1.10 bits per heavy atom. The van der Waals surface area contributed by atoms with Gasteiger partial charge in [-0.2, -0.15) is 13.2 Å². The third-order valence-corrected chi connectivity index (χ3v) is 3.29. The van der Waals surface area contributed by atoms with Gasteiger partial charge in [-0.05, 0) is 44.9 Å². The van der Waals surface area contributed by atoms with E-state index in [1.807, 2.05) is 23.9 Å². The largest absolute Gasteiger partial charge is 0.416 e. The summed E-state index contributed by atoms with van der Waals surface area (Å²) in [5.41, 5.74) is 4.92. The van der Waals surface area contributed by atoms with Gasteiger partial charge < -0.3 is 10.6 Å². The molecule has 0 bridgehead atoms. The van der Waals surface area contributed by atoms with Crippen molar-refractivity contribution in [2.24, 2.45) is 5.73 Å². The second-order valence-electron chi connectivity index (χ2n) is 5.31. The SMILES string of the molecule is CN(C)CCN(C)C(CN)c1cc(F)cc(C(F)(F)F)c1. The molecule has 120 valence electrons. The van der Waals surface area contributed by atoms with Crippen molar-refractivity contribution in [2.75, 3.05) is 40.8 Å². The monoisotopic (exact) mass is 307 g/mol. The average molecular weight is 307 g/mol. The molecule has 1 aromatic carbocycles. The van der Waals surface area contributed by atoms with Gasteiger partial charge in [0.2, 0.25) is 0 Å². The number of halogens is 4. The van der Waals surface area contributed by atoms with Crippen molar-refractivity contribution in [1.82, 2.24) is 9.80 Å². The number of benzene rings is 1. The van der Waals surface area contributed by atoms with Crippen molar-refractivity contribution < 1.29 is 17.6 Å². The maximum absolute atomic E-state index is 13.5. The maximum atomic E-state index is 13.5. The van der Waals surface area contributed by atoms with Crippen LogP contribution in [0.25, 0.3) is 0 Å². The zero-order valence-electron chi connectivity index (χ0n) is 12.4. The van der Waals surface area contributed by atoms with Crippen LogP contribution in [0.15, 0.2) is 18.2 Å². The van der Waals surface area contributed by atoms with Gasteiger partial charge in [0.1, 0.15) is 5.82 Å². The Balaban J connectivity index is 3.02. The minimum Gasteiger partial charge on any atom is -0.329 e. The van der Waals surface area contributed by atoms with E-state index >= 15 is 0 Å². The molecule has 7 heteroatoms. The smallest absolute Gasteiger partial charge is 0.329 e. The standard InChI is InChI=1S/C14H21F4N3/c1-20(2)4-5-21(3)13(9-19)10-6-11(14(16,17)18)8-12(15)7-10/h6-8,13H,4-5,9,19H2,1-3H3. The van der Waals surface area contributed by atoms with E-state index in [-0.39, 0.29) is 12.1 Å². The lowest BCUT2D eigenvalue weighted by atomic mass is 10.0. The number of rotatable bonds is 6. The number of nitrogens with two attached hydrogens (primary N) is 1. The van der Waals surface area contributed by atoms with E-state index < -0.39 is 23.6 Å². The lowest BCUT2D eigenvalue weighted by Crippen LogP contribution is -2.35. The lowest BCUT2D eigenvalue weighted by molar-refractivity contribution is -0.137. The first-order chi connectivity index (χ1) is 9.65. The summed E-state index contributed by atoms with van der Waals surface area (Å²) in [5.74, 6) is -0.903. The molecule has 3 nitrogen and oxygen atoms in total. The highest BCUT2D eigenvalue weighted by Crippen LogP contribution is 2.32. The Hall–Kier alpha value is -1.18. The van der Waals surface area contributed by atoms with E-state index in [0.29, 0.717) is 12.6 Å². The van der Waals surface area contributed by atoms with E-state index in [1.165, 1.54) is 0 Å². The topological polar surface area (TPSA) is 32.5 Å². The number of hydrogen-bond acceptors (Lipinski definition) is 3. The summed E-state index contributed by atoms with van der Waals surface area (Å²) in [6, 6.07) is 2.12. The zero-order valence-corrected chi connectivity index (χ0v) is 12.4. The molecule has 0 spiro atoms. The molecule has 0 aliphatic rings. The fourth-order valence-electron chi connectivity index (χ4n) is 2.05. The van der Waals surface area contributed by atoms with Crippen molar-refractivity contribution in [3.63, 3.8) is 0 Å². The number of likely N-dealkylation sites (N-methyl/N-ethyl adjacent to an activating group) is 2. The van der Waals surface area contributed by atoms with Crippen LogP contribution < -0.4 is 5.73 Å². The zero-order chi connectivity index (χ0) is 16.2. The number of nitrogens with zero attached hydrogens (tertiary/aromatic N) is 2. The molecule has 2 N–H and O–H groups in total. The van der Waals surface area contributed by atoms with Crippen LogP contribution in [0.1, 0.15) is 17.2 Å². The van der Waals surface area contributed by atoms with Crippen LogP contribution >= 0.6 is 0 Å². The molecule has 0 amide bonds. The van der Waals surface area contributed by atoms with Gasteiger partial charge in [0.15, 0.2) is 0 Å². The summed E-state index contributed by atoms with van der Waals surface area (Å²) in [4.78, 5) is 3.78. The van der Waals surface area contributed by atoms with E-state index in [1.54, 1.807) is 7.05 Å². The fourth-order valence-corrected chi connectivity index (χ4v) is 2.05. The molecular weight excluding hydrogens is 286 g/mol. The summed E-state index contributed by atoms with van der Waals surface area (Å²) in [7, 11) is 5.56. The van der Waals surface area contributed by atoms with Gasteiger partial charge in [-0.3, -0.25) is 4.90 Å². The summed E-state index contributed by atoms with van der Waals surface area (Å²) in [6.07, 6.45) is -4.57. The Kier molecular flexibility index (Phi) is 6.12. The molecule has 0 aliphatic carbocycles. The molecule has 1 aromatic rings. The molecule has 1 rings (SSSR count). The van der Waals surface area contributed by atoms with E-state index in [9.17, 15) is 17.6 Å². The summed E-state index contributed by atoms with van der Waals surface area (Å²) in [6.45, 7) is 1.46. The second kappa shape index (κ2) is 7.20. The van der Waals surface area contributed by atoms with E-state index in [4.69, 9.17) is 5.73 Å². The molecule has 0 aliphatic heterocycles. The lowest BCUT2D eigenvalue weighted by Gasteiger charge is -2.29. The molecule has 1 unspecified atom stereocenters. The molecular formula is C14H21F4N3. The highest BCUT2D eigenvalue weighted by molar-refractivity contribution is 5.29. The van der Waals surface area contributed by atoms with Crippen LogP contribution in [0.3, 0.4) is 0 Å². The van der Waals surface area contributed by atoms with Crippen LogP contribution in [-0.4, -0.2) is 50.6 Å². The predicted molar refractivity (Wildman–Crippen MR) is 74.4 cm³/mol. The third kappa shape index (κ3) is 5.26. The van der Waals surface area contributed by atoms with Crippen LogP contribution in [0.5, 0.6) is 0 Å². The number of hydrogen-bond donors (Lipinski definition) is 1. The van der Waals surface area contributed by atoms with Gasteiger partial charge in [-0.25, -0.2) is 4.39 Å². The Morgan fingerprint density at radius 2 is 1.71 bits per heavy atom. The Morgan fingerprint density at radius 3 is 2.19 bits per heavy atom. The highest BCUT2D eigenvalue weighted by atomic mass is 19.4. The molecule has 0 aromatic heterocycles. The molecule has 0 fully saturated rings. The van der Waals surface area contributed by atoms with Gasteiger partial charge in [0.25, 0.3) is 0 Å². The summed E-state index contributed by atoms with van der Waals surface area (Å²) < 4.78 is 51.7. The van der Waals surface area contributed by atoms with Crippen molar-refractivity contribution in [2.45, 2.75) is 12.2 Å². The van der Waals surface area contributed by atoms with Gasteiger partial charge in [0, 0.05) is 25.7 Å². The minimum absolute atomic E-state index is 0.116. The molecule has 0 saturated carbocycles.